The number of hydrogen-bond donors (Lipinski definition) is 0. The second-order valence-corrected chi connectivity index (χ2v) is 22.9. The van der Waals surface area contributed by atoms with E-state index < -0.39 is 32.9 Å². The summed E-state index contributed by atoms with van der Waals surface area (Å²) in [5, 5.41) is 0.0210. The fraction of sp³-hybridized carbons (Fsp3) is 0.750. The Morgan fingerprint density at radius 3 is 1.59 bits per heavy atom. The van der Waals surface area contributed by atoms with Crippen LogP contribution in [0.1, 0.15) is 60.5 Å². The summed E-state index contributed by atoms with van der Waals surface area (Å²) >= 11 is 0. The van der Waals surface area contributed by atoms with Gasteiger partial charge >= 0.3 is 0 Å². The van der Waals surface area contributed by atoms with Crippen molar-refractivity contribution in [3.05, 3.63) is 29.8 Å². The van der Waals surface area contributed by atoms with Crippen LogP contribution in [0.3, 0.4) is 0 Å². The standard InChI is InChI=1S/C24H46O5SSi2/c1-13-21(28-31(9,10)23(3,4)5)22(29-32(11,12)24(6,7)8)18-27-30(25,26)20-16-14-19(2)15-17-20/h14-17,21-22H,13,18H2,1-12H3/t21-,22-/m0/s1. The molecule has 2 atom stereocenters. The van der Waals surface area contributed by atoms with Crippen molar-refractivity contribution in [1.82, 2.24) is 0 Å². The molecule has 0 spiro atoms. The maximum absolute atomic E-state index is 12.9. The molecule has 186 valence electrons. The van der Waals surface area contributed by atoms with E-state index in [1.165, 1.54) is 0 Å². The molecule has 1 rings (SSSR count). The van der Waals surface area contributed by atoms with Gasteiger partial charge in [-0.1, -0.05) is 66.2 Å². The molecule has 0 aliphatic rings. The van der Waals surface area contributed by atoms with Gasteiger partial charge in [0.05, 0.1) is 23.7 Å². The maximum Gasteiger partial charge on any atom is 0.297 e. The first kappa shape index (κ1) is 29.5. The van der Waals surface area contributed by atoms with Gasteiger partial charge in [-0.2, -0.15) is 8.42 Å². The number of aryl methyl sites for hydroxylation is 1. The molecule has 8 heteroatoms. The van der Waals surface area contributed by atoms with Crippen LogP contribution in [-0.2, 0) is 23.2 Å². The summed E-state index contributed by atoms with van der Waals surface area (Å²) in [6.45, 7) is 25.8. The third kappa shape index (κ3) is 7.77. The zero-order valence-electron chi connectivity index (χ0n) is 22.3. The van der Waals surface area contributed by atoms with Gasteiger partial charge in [0.15, 0.2) is 16.6 Å². The lowest BCUT2D eigenvalue weighted by Crippen LogP contribution is -2.53. The highest BCUT2D eigenvalue weighted by atomic mass is 32.2. The minimum atomic E-state index is -3.89. The van der Waals surface area contributed by atoms with Crippen LogP contribution in [0.2, 0.25) is 36.3 Å². The predicted molar refractivity (Wildman–Crippen MR) is 139 cm³/mol. The third-order valence-corrected chi connectivity index (χ3v) is 17.3. The molecule has 0 fully saturated rings. The van der Waals surface area contributed by atoms with E-state index in [4.69, 9.17) is 13.0 Å². The van der Waals surface area contributed by atoms with Gasteiger partial charge in [-0.05, 0) is 61.7 Å². The molecule has 0 saturated heterocycles. The van der Waals surface area contributed by atoms with Gasteiger partial charge in [0.2, 0.25) is 0 Å². The van der Waals surface area contributed by atoms with E-state index >= 15 is 0 Å². The quantitative estimate of drug-likeness (QED) is 0.257. The van der Waals surface area contributed by atoms with Crippen LogP contribution < -0.4 is 0 Å². The van der Waals surface area contributed by atoms with E-state index in [1.54, 1.807) is 24.3 Å². The van der Waals surface area contributed by atoms with Crippen molar-refractivity contribution in [1.29, 1.82) is 0 Å². The van der Waals surface area contributed by atoms with Crippen LogP contribution in [-0.4, -0.2) is 43.9 Å². The Kier molecular flexibility index (Phi) is 9.59. The fourth-order valence-electron chi connectivity index (χ4n) is 2.68. The zero-order valence-corrected chi connectivity index (χ0v) is 25.1. The van der Waals surface area contributed by atoms with Crippen molar-refractivity contribution < 1.29 is 21.5 Å². The number of benzene rings is 1. The van der Waals surface area contributed by atoms with Crippen molar-refractivity contribution in [3.63, 3.8) is 0 Å². The lowest BCUT2D eigenvalue weighted by Gasteiger charge is -2.44. The summed E-state index contributed by atoms with van der Waals surface area (Å²) < 4.78 is 44.7. The summed E-state index contributed by atoms with van der Waals surface area (Å²) in [6, 6.07) is 6.71. The van der Waals surface area contributed by atoms with E-state index in [1.807, 2.05) is 6.92 Å². The van der Waals surface area contributed by atoms with Crippen LogP contribution >= 0.6 is 0 Å². The first-order valence-electron chi connectivity index (χ1n) is 11.6. The first-order valence-corrected chi connectivity index (χ1v) is 18.8. The van der Waals surface area contributed by atoms with Crippen LogP contribution in [0, 0.1) is 6.92 Å². The van der Waals surface area contributed by atoms with Gasteiger partial charge in [-0.15, -0.1) is 0 Å². The Morgan fingerprint density at radius 1 is 0.812 bits per heavy atom. The van der Waals surface area contributed by atoms with Gasteiger partial charge in [-0.25, -0.2) is 0 Å². The zero-order chi connectivity index (χ0) is 25.2. The molecule has 0 unspecified atom stereocenters. The molecule has 0 amide bonds. The Balaban J connectivity index is 3.23. The molecule has 0 radical (unpaired) electrons. The average Bonchev–Trinajstić information content (AvgIpc) is 2.61. The molecular formula is C24H46O5SSi2. The lowest BCUT2D eigenvalue weighted by atomic mass is 10.2. The highest BCUT2D eigenvalue weighted by Gasteiger charge is 2.44. The van der Waals surface area contributed by atoms with Gasteiger partial charge in [-0.3, -0.25) is 4.18 Å². The van der Waals surface area contributed by atoms with Crippen molar-refractivity contribution in [2.24, 2.45) is 0 Å². The van der Waals surface area contributed by atoms with Crippen LogP contribution in [0.15, 0.2) is 29.2 Å². The summed E-state index contributed by atoms with van der Waals surface area (Å²) in [4.78, 5) is 0.160. The average molecular weight is 503 g/mol. The highest BCUT2D eigenvalue weighted by molar-refractivity contribution is 7.86. The van der Waals surface area contributed by atoms with E-state index in [2.05, 4.69) is 74.7 Å². The molecule has 0 N–H and O–H groups in total. The van der Waals surface area contributed by atoms with Crippen molar-refractivity contribution >= 4 is 26.8 Å². The molecule has 5 nitrogen and oxygen atoms in total. The monoisotopic (exact) mass is 502 g/mol. The molecule has 1 aromatic carbocycles. The van der Waals surface area contributed by atoms with E-state index in [9.17, 15) is 8.42 Å². The second kappa shape index (κ2) is 10.4. The largest absolute Gasteiger partial charge is 0.411 e. The molecule has 0 heterocycles. The molecule has 0 aliphatic heterocycles. The normalized spacial score (nSPS) is 16.1. The highest BCUT2D eigenvalue weighted by Crippen LogP contribution is 2.41. The van der Waals surface area contributed by atoms with Crippen molar-refractivity contribution in [2.75, 3.05) is 6.61 Å². The van der Waals surface area contributed by atoms with Gasteiger partial charge in [0.1, 0.15) is 0 Å². The Morgan fingerprint density at radius 2 is 1.22 bits per heavy atom. The topological polar surface area (TPSA) is 61.8 Å². The molecule has 0 saturated carbocycles. The Labute approximate surface area is 199 Å². The van der Waals surface area contributed by atoms with E-state index in [0.29, 0.717) is 0 Å². The molecule has 0 aromatic heterocycles. The minimum absolute atomic E-state index is 0.0175. The van der Waals surface area contributed by atoms with Crippen molar-refractivity contribution in [2.45, 2.75) is 115 Å². The van der Waals surface area contributed by atoms with Crippen LogP contribution in [0.4, 0.5) is 0 Å². The predicted octanol–water partition coefficient (Wildman–Crippen LogP) is 6.89. The first-order chi connectivity index (χ1) is 14.2. The maximum atomic E-state index is 12.9. The smallest absolute Gasteiger partial charge is 0.297 e. The second-order valence-electron chi connectivity index (χ2n) is 11.8. The summed E-state index contributed by atoms with van der Waals surface area (Å²) in [7, 11) is -8.16. The SMILES string of the molecule is CC[C@H](O[Si](C)(C)C(C)(C)C)[C@H](COS(=O)(=O)c1ccc(C)cc1)O[Si](C)(C)C(C)(C)C. The van der Waals surface area contributed by atoms with Crippen LogP contribution in [0.25, 0.3) is 0 Å². The molecule has 0 bridgehead atoms. The van der Waals surface area contributed by atoms with E-state index in [0.717, 1.165) is 12.0 Å². The summed E-state index contributed by atoms with van der Waals surface area (Å²) in [5.74, 6) is 0. The molecule has 1 aromatic rings. The number of hydrogen-bond acceptors (Lipinski definition) is 5. The summed E-state index contributed by atoms with van der Waals surface area (Å²) in [5.41, 5.74) is 0.997. The fourth-order valence-corrected chi connectivity index (χ4v) is 6.36. The third-order valence-electron chi connectivity index (χ3n) is 7.02. The van der Waals surface area contributed by atoms with Crippen molar-refractivity contribution in [3.8, 4) is 0 Å². The van der Waals surface area contributed by atoms with E-state index in [-0.39, 0.29) is 27.7 Å². The molecular weight excluding hydrogens is 456 g/mol. The molecule has 32 heavy (non-hydrogen) atoms. The van der Waals surface area contributed by atoms with Gasteiger partial charge in [0.25, 0.3) is 10.1 Å². The number of rotatable bonds is 10. The van der Waals surface area contributed by atoms with Gasteiger partial charge < -0.3 is 8.85 Å². The van der Waals surface area contributed by atoms with Gasteiger partial charge in [0, 0.05) is 0 Å². The van der Waals surface area contributed by atoms with Crippen LogP contribution in [0.5, 0.6) is 0 Å². The molecule has 0 aliphatic carbocycles. The summed E-state index contributed by atoms with van der Waals surface area (Å²) in [6.07, 6.45) is 0.0215. The Hall–Kier alpha value is -0.516. The Bertz CT molecular complexity index is 835. The minimum Gasteiger partial charge on any atom is -0.411 e. The lowest BCUT2D eigenvalue weighted by molar-refractivity contribution is 0.00688.